The van der Waals surface area contributed by atoms with Gasteiger partial charge in [0.15, 0.2) is 0 Å². The van der Waals surface area contributed by atoms with Crippen molar-refractivity contribution in [2.45, 2.75) is 26.2 Å². The lowest BCUT2D eigenvalue weighted by Crippen LogP contribution is -2.13. The second-order valence-electron chi connectivity index (χ2n) is 7.78. The third-order valence-corrected chi connectivity index (χ3v) is 5.80. The first-order chi connectivity index (χ1) is 14.6. The van der Waals surface area contributed by atoms with E-state index in [1.807, 2.05) is 55.5 Å². The second-order valence-corrected chi connectivity index (χ2v) is 7.78. The minimum Gasteiger partial charge on any atom is -0.368 e. The number of amides is 1. The topological polar surface area (TPSA) is 80.9 Å². The fourth-order valence-electron chi connectivity index (χ4n) is 4.22. The van der Waals surface area contributed by atoms with Gasteiger partial charge in [0.1, 0.15) is 0 Å². The predicted octanol–water partition coefficient (Wildman–Crippen LogP) is 4.93. The largest absolute Gasteiger partial charge is 0.368 e. The summed E-state index contributed by atoms with van der Waals surface area (Å²) in [7, 11) is 0. The lowest BCUT2D eigenvalue weighted by Gasteiger charge is -2.13. The van der Waals surface area contributed by atoms with Crippen LogP contribution >= 0.6 is 0 Å². The van der Waals surface area contributed by atoms with Crippen LogP contribution in [-0.4, -0.2) is 15.9 Å². The zero-order chi connectivity index (χ0) is 20.7. The van der Waals surface area contributed by atoms with Gasteiger partial charge in [0.05, 0.1) is 5.52 Å². The molecule has 5 rings (SSSR count). The molecular formula is C25H22N4O. The summed E-state index contributed by atoms with van der Waals surface area (Å²) >= 11 is 0. The molecule has 1 heterocycles. The van der Waals surface area contributed by atoms with E-state index < -0.39 is 0 Å². The van der Waals surface area contributed by atoms with Crippen LogP contribution in [0.4, 0.5) is 11.6 Å². The summed E-state index contributed by atoms with van der Waals surface area (Å²) in [6.45, 7) is 2.05. The first-order valence-electron chi connectivity index (χ1n) is 10.1. The molecule has 0 spiro atoms. The molecule has 1 aromatic heterocycles. The standard InChI is InChI=1S/C25H22N4O/c1-15-8-9-18(24(30)28-23-7-3-5-16-4-2-6-20(16)23)13-21(15)17-10-11-22-19(12-17)14-27-25(26)29-22/h3,5,7-14H,2,4,6H2,1H3,(H,28,30)(H2,26,27,29). The maximum Gasteiger partial charge on any atom is 0.255 e. The van der Waals surface area contributed by atoms with Crippen LogP contribution in [0.5, 0.6) is 0 Å². The number of carbonyl (C=O) groups is 1. The van der Waals surface area contributed by atoms with Gasteiger partial charge in [0, 0.05) is 22.8 Å². The van der Waals surface area contributed by atoms with E-state index in [9.17, 15) is 4.79 Å². The van der Waals surface area contributed by atoms with E-state index >= 15 is 0 Å². The number of nitrogens with one attached hydrogen (secondary N) is 1. The maximum absolute atomic E-state index is 13.0. The number of carbonyl (C=O) groups excluding carboxylic acids is 1. The highest BCUT2D eigenvalue weighted by Gasteiger charge is 2.17. The van der Waals surface area contributed by atoms with Crippen molar-refractivity contribution in [1.29, 1.82) is 0 Å². The normalized spacial score (nSPS) is 12.7. The van der Waals surface area contributed by atoms with Gasteiger partial charge in [-0.3, -0.25) is 4.79 Å². The number of nitrogen functional groups attached to an aromatic ring is 1. The summed E-state index contributed by atoms with van der Waals surface area (Å²) in [6, 6.07) is 17.9. The molecule has 30 heavy (non-hydrogen) atoms. The Morgan fingerprint density at radius 3 is 2.87 bits per heavy atom. The van der Waals surface area contributed by atoms with E-state index in [0.29, 0.717) is 5.56 Å². The van der Waals surface area contributed by atoms with Crippen LogP contribution in [0.3, 0.4) is 0 Å². The first-order valence-corrected chi connectivity index (χ1v) is 10.1. The van der Waals surface area contributed by atoms with Gasteiger partial charge in [-0.1, -0.05) is 24.3 Å². The quantitative estimate of drug-likeness (QED) is 0.516. The molecule has 1 amide bonds. The third kappa shape index (κ3) is 3.28. The van der Waals surface area contributed by atoms with Crippen molar-refractivity contribution in [2.24, 2.45) is 0 Å². The molecule has 1 aliphatic carbocycles. The van der Waals surface area contributed by atoms with Crippen LogP contribution < -0.4 is 11.1 Å². The molecule has 0 saturated carbocycles. The number of benzene rings is 3. The van der Waals surface area contributed by atoms with E-state index in [1.54, 1.807) is 6.20 Å². The van der Waals surface area contributed by atoms with Crippen molar-refractivity contribution >= 4 is 28.4 Å². The SMILES string of the molecule is Cc1ccc(C(=O)Nc2cccc3c2CCC3)cc1-c1ccc2nc(N)ncc2c1. The van der Waals surface area contributed by atoms with E-state index in [0.717, 1.165) is 52.5 Å². The number of hydrogen-bond donors (Lipinski definition) is 2. The highest BCUT2D eigenvalue weighted by atomic mass is 16.1. The smallest absolute Gasteiger partial charge is 0.255 e. The van der Waals surface area contributed by atoms with E-state index in [2.05, 4.69) is 21.4 Å². The monoisotopic (exact) mass is 394 g/mol. The van der Waals surface area contributed by atoms with Crippen molar-refractivity contribution in [3.63, 3.8) is 0 Å². The Hall–Kier alpha value is -3.73. The summed E-state index contributed by atoms with van der Waals surface area (Å²) in [4.78, 5) is 21.4. The van der Waals surface area contributed by atoms with Gasteiger partial charge in [0.2, 0.25) is 5.95 Å². The van der Waals surface area contributed by atoms with Gasteiger partial charge in [-0.15, -0.1) is 0 Å². The summed E-state index contributed by atoms with van der Waals surface area (Å²) in [5.41, 5.74) is 13.8. The van der Waals surface area contributed by atoms with E-state index in [1.165, 1.54) is 11.1 Å². The molecule has 0 bridgehead atoms. The fourth-order valence-corrected chi connectivity index (χ4v) is 4.22. The molecule has 4 aromatic rings. The first kappa shape index (κ1) is 18.3. The lowest BCUT2D eigenvalue weighted by atomic mass is 9.96. The minimum atomic E-state index is -0.0894. The van der Waals surface area contributed by atoms with Crippen molar-refractivity contribution in [2.75, 3.05) is 11.1 Å². The molecular weight excluding hydrogens is 372 g/mol. The van der Waals surface area contributed by atoms with Gasteiger partial charge in [0.25, 0.3) is 5.91 Å². The Kier molecular flexibility index (Phi) is 4.43. The Labute approximate surface area is 175 Å². The molecule has 3 aromatic carbocycles. The molecule has 0 radical (unpaired) electrons. The molecule has 1 aliphatic rings. The molecule has 3 N–H and O–H groups in total. The van der Waals surface area contributed by atoms with Crippen molar-refractivity contribution < 1.29 is 4.79 Å². The predicted molar refractivity (Wildman–Crippen MR) is 121 cm³/mol. The number of hydrogen-bond acceptors (Lipinski definition) is 4. The fraction of sp³-hybridized carbons (Fsp3) is 0.160. The number of aromatic nitrogens is 2. The van der Waals surface area contributed by atoms with Gasteiger partial charge >= 0.3 is 0 Å². The lowest BCUT2D eigenvalue weighted by molar-refractivity contribution is 0.102. The summed E-state index contributed by atoms with van der Waals surface area (Å²) < 4.78 is 0. The van der Waals surface area contributed by atoms with Crippen LogP contribution in [-0.2, 0) is 12.8 Å². The summed E-state index contributed by atoms with van der Waals surface area (Å²) in [5.74, 6) is 0.172. The van der Waals surface area contributed by atoms with Crippen molar-refractivity contribution in [3.05, 3.63) is 83.0 Å². The van der Waals surface area contributed by atoms with Crippen LogP contribution in [0.15, 0.2) is 60.8 Å². The molecule has 0 unspecified atom stereocenters. The van der Waals surface area contributed by atoms with Gasteiger partial charge < -0.3 is 11.1 Å². The molecule has 5 heteroatoms. The number of rotatable bonds is 3. The highest BCUT2D eigenvalue weighted by molar-refractivity contribution is 6.05. The average Bonchev–Trinajstić information content (AvgIpc) is 3.23. The molecule has 0 atom stereocenters. The average molecular weight is 394 g/mol. The summed E-state index contributed by atoms with van der Waals surface area (Å²) in [5, 5.41) is 4.03. The highest BCUT2D eigenvalue weighted by Crippen LogP contribution is 2.30. The minimum absolute atomic E-state index is 0.0894. The zero-order valence-corrected chi connectivity index (χ0v) is 16.8. The van der Waals surface area contributed by atoms with Crippen LogP contribution in [0.1, 0.15) is 33.5 Å². The van der Waals surface area contributed by atoms with Crippen LogP contribution in [0, 0.1) is 6.92 Å². The summed E-state index contributed by atoms with van der Waals surface area (Å²) in [6.07, 6.45) is 4.98. The van der Waals surface area contributed by atoms with Gasteiger partial charge in [-0.2, -0.15) is 0 Å². The number of anilines is 2. The third-order valence-electron chi connectivity index (χ3n) is 5.80. The van der Waals surface area contributed by atoms with Crippen molar-refractivity contribution in [3.8, 4) is 11.1 Å². The zero-order valence-electron chi connectivity index (χ0n) is 16.8. The van der Waals surface area contributed by atoms with Crippen LogP contribution in [0.2, 0.25) is 0 Å². The van der Waals surface area contributed by atoms with E-state index in [-0.39, 0.29) is 11.9 Å². The van der Waals surface area contributed by atoms with Gasteiger partial charge in [-0.05, 0) is 84.3 Å². The maximum atomic E-state index is 13.0. The molecule has 148 valence electrons. The number of nitrogens with zero attached hydrogens (tertiary/aromatic N) is 2. The van der Waals surface area contributed by atoms with Crippen LogP contribution in [0.25, 0.3) is 22.0 Å². The van der Waals surface area contributed by atoms with Gasteiger partial charge in [-0.25, -0.2) is 9.97 Å². The van der Waals surface area contributed by atoms with Crippen molar-refractivity contribution in [1.82, 2.24) is 9.97 Å². The molecule has 0 fully saturated rings. The molecule has 0 saturated heterocycles. The Morgan fingerprint density at radius 2 is 1.97 bits per heavy atom. The number of aryl methyl sites for hydroxylation is 2. The molecule has 5 nitrogen and oxygen atoms in total. The number of nitrogens with two attached hydrogens (primary N) is 1. The Bertz CT molecular complexity index is 1300. The molecule has 0 aliphatic heterocycles. The second kappa shape index (κ2) is 7.26. The Balaban J connectivity index is 1.48. The Morgan fingerprint density at radius 1 is 1.07 bits per heavy atom. The van der Waals surface area contributed by atoms with E-state index in [4.69, 9.17) is 5.73 Å². The number of fused-ring (bicyclic) bond motifs is 2.